The Balaban J connectivity index is 1.53. The molecule has 0 aliphatic carbocycles. The molecule has 2 N–H and O–H groups in total. The lowest BCUT2D eigenvalue weighted by Crippen LogP contribution is -2.35. The van der Waals surface area contributed by atoms with E-state index in [0.29, 0.717) is 48.3 Å². The van der Waals surface area contributed by atoms with E-state index in [-0.39, 0.29) is 28.1 Å². The van der Waals surface area contributed by atoms with Crippen molar-refractivity contribution in [2.75, 3.05) is 18.0 Å². The number of aromatic hydroxyl groups is 1. The number of pyridine rings is 1. The highest BCUT2D eigenvalue weighted by Crippen LogP contribution is 2.41. The quantitative estimate of drug-likeness (QED) is 0.440. The summed E-state index contributed by atoms with van der Waals surface area (Å²) in [7, 11) is 1.64. The van der Waals surface area contributed by atoms with Crippen molar-refractivity contribution in [3.05, 3.63) is 82.5 Å². The first-order chi connectivity index (χ1) is 16.8. The molecule has 0 bridgehead atoms. The third-order valence-electron chi connectivity index (χ3n) is 6.40. The molecule has 9 heteroatoms. The van der Waals surface area contributed by atoms with E-state index >= 15 is 0 Å². The summed E-state index contributed by atoms with van der Waals surface area (Å²) >= 11 is 6.48. The topological polar surface area (TPSA) is 83.5 Å². The minimum Gasteiger partial charge on any atom is -0.507 e. The number of phenols is 1. The van der Waals surface area contributed by atoms with E-state index < -0.39 is 5.82 Å². The van der Waals surface area contributed by atoms with Gasteiger partial charge >= 0.3 is 5.69 Å². The second-order valence-electron chi connectivity index (χ2n) is 8.73. The van der Waals surface area contributed by atoms with E-state index in [0.717, 1.165) is 5.69 Å². The highest BCUT2D eigenvalue weighted by molar-refractivity contribution is 6.32. The molecule has 5 rings (SSSR count). The SMILES string of the molecule is Cn1ccn(-c2ccc(-c3cc(F)cc(-c4cncc(N5CCC(O)CC5)c4)c3O)cc2Cl)c1=O. The maximum Gasteiger partial charge on any atom is 0.332 e. The number of aliphatic hydroxyl groups excluding tert-OH is 1. The molecular weight excluding hydrogens is 471 g/mol. The molecule has 180 valence electrons. The number of aromatic nitrogens is 3. The summed E-state index contributed by atoms with van der Waals surface area (Å²) in [5.74, 6) is -0.612. The molecule has 4 aromatic rings. The van der Waals surface area contributed by atoms with Crippen molar-refractivity contribution in [2.45, 2.75) is 18.9 Å². The number of benzene rings is 2. The van der Waals surface area contributed by atoms with Crippen molar-refractivity contribution in [3.8, 4) is 33.7 Å². The molecule has 1 aliphatic rings. The van der Waals surface area contributed by atoms with Crippen LogP contribution in [0.4, 0.5) is 10.1 Å². The van der Waals surface area contributed by atoms with E-state index in [4.69, 9.17) is 11.6 Å². The maximum atomic E-state index is 14.7. The van der Waals surface area contributed by atoms with E-state index in [1.165, 1.54) is 21.3 Å². The first-order valence-corrected chi connectivity index (χ1v) is 11.6. The number of halogens is 2. The van der Waals surface area contributed by atoms with E-state index in [1.54, 1.807) is 50.0 Å². The van der Waals surface area contributed by atoms with E-state index in [9.17, 15) is 19.4 Å². The molecule has 2 aromatic heterocycles. The Bertz CT molecular complexity index is 1460. The molecule has 7 nitrogen and oxygen atoms in total. The first-order valence-electron chi connectivity index (χ1n) is 11.3. The van der Waals surface area contributed by atoms with Gasteiger partial charge in [-0.25, -0.2) is 9.18 Å². The van der Waals surface area contributed by atoms with Crippen LogP contribution in [0.25, 0.3) is 27.9 Å². The predicted molar refractivity (Wildman–Crippen MR) is 134 cm³/mol. The van der Waals surface area contributed by atoms with Gasteiger partial charge in [0.1, 0.15) is 11.6 Å². The summed E-state index contributed by atoms with van der Waals surface area (Å²) in [5.41, 5.74) is 2.76. The molecule has 0 saturated carbocycles. The minimum absolute atomic E-state index is 0.0971. The van der Waals surface area contributed by atoms with Crippen molar-refractivity contribution in [1.82, 2.24) is 14.1 Å². The molecule has 3 heterocycles. The average Bonchev–Trinajstić information content (AvgIpc) is 3.18. The molecular formula is C26H24ClFN4O3. The van der Waals surface area contributed by atoms with Gasteiger partial charge in [0.05, 0.1) is 28.7 Å². The van der Waals surface area contributed by atoms with Crippen molar-refractivity contribution in [3.63, 3.8) is 0 Å². The third-order valence-corrected chi connectivity index (χ3v) is 6.71. The number of hydrogen-bond acceptors (Lipinski definition) is 5. The van der Waals surface area contributed by atoms with E-state index in [1.807, 2.05) is 6.07 Å². The molecule has 0 atom stereocenters. The lowest BCUT2D eigenvalue weighted by Gasteiger charge is -2.31. The van der Waals surface area contributed by atoms with Gasteiger partial charge in [-0.05, 0) is 48.7 Å². The van der Waals surface area contributed by atoms with Crippen LogP contribution in [0, 0.1) is 5.82 Å². The summed E-state index contributed by atoms with van der Waals surface area (Å²) < 4.78 is 17.6. The van der Waals surface area contributed by atoms with Gasteiger partial charge in [-0.3, -0.25) is 9.55 Å². The Morgan fingerprint density at radius 1 is 1.03 bits per heavy atom. The van der Waals surface area contributed by atoms with Crippen molar-refractivity contribution >= 4 is 17.3 Å². The Hall–Kier alpha value is -3.62. The van der Waals surface area contributed by atoms with Gasteiger partial charge in [-0.2, -0.15) is 0 Å². The van der Waals surface area contributed by atoms with Gasteiger partial charge < -0.3 is 19.7 Å². The van der Waals surface area contributed by atoms with Crippen molar-refractivity contribution < 1.29 is 14.6 Å². The van der Waals surface area contributed by atoms with Gasteiger partial charge in [0.15, 0.2) is 0 Å². The van der Waals surface area contributed by atoms with Crippen molar-refractivity contribution in [1.29, 1.82) is 0 Å². The van der Waals surface area contributed by atoms with Crippen LogP contribution in [0.2, 0.25) is 5.02 Å². The standard InChI is InChI=1S/C26H24ClFN4O3/c1-30-8-9-32(26(30)35)24-3-2-16(11-23(24)27)21-12-18(28)13-22(25(21)34)17-10-19(15-29-14-17)31-6-4-20(33)5-7-31/h2-3,8-15,20,33-34H,4-7H2,1H3. The van der Waals surface area contributed by atoms with Gasteiger partial charge in [-0.1, -0.05) is 17.7 Å². The Morgan fingerprint density at radius 2 is 1.74 bits per heavy atom. The largest absolute Gasteiger partial charge is 0.507 e. The lowest BCUT2D eigenvalue weighted by atomic mass is 9.97. The molecule has 2 aromatic carbocycles. The average molecular weight is 495 g/mol. The molecule has 0 amide bonds. The second kappa shape index (κ2) is 9.20. The number of anilines is 1. The molecule has 0 unspecified atom stereocenters. The van der Waals surface area contributed by atoms with E-state index in [2.05, 4.69) is 9.88 Å². The molecule has 1 aliphatic heterocycles. The fourth-order valence-corrected chi connectivity index (χ4v) is 4.70. The number of piperidine rings is 1. The van der Waals surface area contributed by atoms with Gasteiger partial charge in [0.2, 0.25) is 0 Å². The Labute approximate surface area is 206 Å². The van der Waals surface area contributed by atoms with Crippen LogP contribution in [0.3, 0.4) is 0 Å². The van der Waals surface area contributed by atoms with Crippen LogP contribution >= 0.6 is 11.6 Å². The monoisotopic (exact) mass is 494 g/mol. The molecule has 35 heavy (non-hydrogen) atoms. The van der Waals surface area contributed by atoms with Crippen LogP contribution in [0.15, 0.2) is 66.0 Å². The van der Waals surface area contributed by atoms with Crippen LogP contribution in [-0.4, -0.2) is 43.5 Å². The summed E-state index contributed by atoms with van der Waals surface area (Å²) in [5, 5.41) is 21.2. The zero-order valence-electron chi connectivity index (χ0n) is 19.0. The number of imidazole rings is 1. The highest BCUT2D eigenvalue weighted by atomic mass is 35.5. The van der Waals surface area contributed by atoms with Gasteiger partial charge in [-0.15, -0.1) is 0 Å². The van der Waals surface area contributed by atoms with Crippen LogP contribution in [0.5, 0.6) is 5.75 Å². The van der Waals surface area contributed by atoms with Crippen LogP contribution < -0.4 is 10.6 Å². The molecule has 0 radical (unpaired) electrons. The van der Waals surface area contributed by atoms with Gasteiger partial charge in [0.25, 0.3) is 0 Å². The number of hydrogen-bond donors (Lipinski definition) is 2. The smallest absolute Gasteiger partial charge is 0.332 e. The first kappa shape index (κ1) is 23.1. The lowest BCUT2D eigenvalue weighted by molar-refractivity contribution is 0.145. The zero-order chi connectivity index (χ0) is 24.7. The zero-order valence-corrected chi connectivity index (χ0v) is 19.8. The van der Waals surface area contributed by atoms with Crippen LogP contribution in [0.1, 0.15) is 12.8 Å². The number of nitrogens with zero attached hydrogens (tertiary/aromatic N) is 4. The fourth-order valence-electron chi connectivity index (χ4n) is 4.43. The fraction of sp³-hybridized carbons (Fsp3) is 0.231. The predicted octanol–water partition coefficient (Wildman–Crippen LogP) is 4.36. The Kier molecular flexibility index (Phi) is 6.08. The normalized spacial score (nSPS) is 14.5. The highest BCUT2D eigenvalue weighted by Gasteiger charge is 2.20. The minimum atomic E-state index is -0.515. The number of aliphatic hydroxyl groups is 1. The van der Waals surface area contributed by atoms with Gasteiger partial charge in [0, 0.05) is 55.4 Å². The summed E-state index contributed by atoms with van der Waals surface area (Å²) in [6.07, 6.45) is 7.60. The molecule has 0 spiro atoms. The number of rotatable bonds is 4. The summed E-state index contributed by atoms with van der Waals surface area (Å²) in [6, 6.07) is 9.34. The second-order valence-corrected chi connectivity index (χ2v) is 9.13. The third kappa shape index (κ3) is 4.42. The summed E-state index contributed by atoms with van der Waals surface area (Å²) in [4.78, 5) is 18.7. The van der Waals surface area contributed by atoms with Crippen molar-refractivity contribution in [2.24, 2.45) is 7.05 Å². The number of phenolic OH excluding ortho intramolecular Hbond substituents is 1. The summed E-state index contributed by atoms with van der Waals surface area (Å²) in [6.45, 7) is 1.39. The Morgan fingerprint density at radius 3 is 2.40 bits per heavy atom. The maximum absolute atomic E-state index is 14.7. The molecule has 1 saturated heterocycles. The number of aryl methyl sites for hydroxylation is 1. The molecule has 1 fully saturated rings. The van der Waals surface area contributed by atoms with Crippen LogP contribution in [-0.2, 0) is 7.05 Å².